The van der Waals surface area contributed by atoms with Gasteiger partial charge in [0.15, 0.2) is 0 Å². The Morgan fingerprint density at radius 2 is 1.82 bits per heavy atom. The minimum atomic E-state index is 0.509. The molecule has 0 bridgehead atoms. The lowest BCUT2D eigenvalue weighted by Gasteiger charge is -2.28. The summed E-state index contributed by atoms with van der Waals surface area (Å²) in [6.07, 6.45) is 0. The van der Waals surface area contributed by atoms with E-state index < -0.39 is 0 Å². The number of aromatic nitrogens is 1. The highest BCUT2D eigenvalue weighted by Crippen LogP contribution is 2.31. The fourth-order valence-electron chi connectivity index (χ4n) is 3.56. The second kappa shape index (κ2) is 8.59. The van der Waals surface area contributed by atoms with Crippen LogP contribution in [-0.4, -0.2) is 51.6 Å². The van der Waals surface area contributed by atoms with Crippen molar-refractivity contribution in [2.75, 3.05) is 51.5 Å². The Labute approximate surface area is 165 Å². The number of nitrogens with zero attached hydrogens (tertiary/aromatic N) is 2. The Balaban J connectivity index is 1.65. The summed E-state index contributed by atoms with van der Waals surface area (Å²) in [6, 6.07) is 16.8. The fraction of sp³-hybridized carbons (Fsp3) is 0.348. The molecule has 2 aromatic carbocycles. The number of hydrogen-bond acceptors (Lipinski definition) is 5. The van der Waals surface area contributed by atoms with Gasteiger partial charge >= 0.3 is 0 Å². The van der Waals surface area contributed by atoms with Crippen LogP contribution in [0.5, 0.6) is 5.75 Å². The number of benzene rings is 2. The molecular weight excluding hydrogens is 352 g/mol. The largest absolute Gasteiger partial charge is 0.489 e. The summed E-state index contributed by atoms with van der Waals surface area (Å²) in [5, 5.41) is 1.11. The van der Waals surface area contributed by atoms with Crippen molar-refractivity contribution in [3.05, 3.63) is 54.1 Å². The van der Waals surface area contributed by atoms with Crippen LogP contribution in [0.1, 0.15) is 5.56 Å². The van der Waals surface area contributed by atoms with E-state index in [9.17, 15) is 0 Å². The summed E-state index contributed by atoms with van der Waals surface area (Å²) in [7, 11) is 1.67. The standard InChI is InChI=1S/C23H26N2O3/c1-17-16-21(18-6-8-19(9-7-18)25-10-12-27-13-11-25)24-23-20(17)4-3-5-22(23)28-15-14-26-2/h3-9,16H,10-15H2,1-2H3. The second-order valence-electron chi connectivity index (χ2n) is 6.96. The van der Waals surface area contributed by atoms with Crippen molar-refractivity contribution >= 4 is 16.6 Å². The fourth-order valence-corrected chi connectivity index (χ4v) is 3.56. The Kier molecular flexibility index (Phi) is 5.74. The third kappa shape index (κ3) is 3.96. The van der Waals surface area contributed by atoms with Gasteiger partial charge in [-0.25, -0.2) is 4.98 Å². The third-order valence-electron chi connectivity index (χ3n) is 5.09. The van der Waals surface area contributed by atoms with Crippen LogP contribution >= 0.6 is 0 Å². The first kappa shape index (κ1) is 18.7. The molecule has 1 fully saturated rings. The van der Waals surface area contributed by atoms with Gasteiger partial charge < -0.3 is 19.1 Å². The smallest absolute Gasteiger partial charge is 0.145 e. The number of pyridine rings is 1. The lowest BCUT2D eigenvalue weighted by molar-refractivity contribution is 0.122. The molecule has 5 heteroatoms. The van der Waals surface area contributed by atoms with Crippen molar-refractivity contribution in [2.45, 2.75) is 6.92 Å². The van der Waals surface area contributed by atoms with Crippen LogP contribution in [0.15, 0.2) is 48.5 Å². The molecular formula is C23H26N2O3. The lowest BCUT2D eigenvalue weighted by atomic mass is 10.0. The summed E-state index contributed by atoms with van der Waals surface area (Å²) in [5.41, 5.74) is 5.38. The minimum Gasteiger partial charge on any atom is -0.489 e. The van der Waals surface area contributed by atoms with Gasteiger partial charge in [0.05, 0.1) is 25.5 Å². The molecule has 0 unspecified atom stereocenters. The van der Waals surface area contributed by atoms with E-state index >= 15 is 0 Å². The molecule has 146 valence electrons. The van der Waals surface area contributed by atoms with Gasteiger partial charge in [-0.1, -0.05) is 24.3 Å². The van der Waals surface area contributed by atoms with Crippen LogP contribution < -0.4 is 9.64 Å². The van der Waals surface area contributed by atoms with E-state index in [-0.39, 0.29) is 0 Å². The van der Waals surface area contributed by atoms with Crippen molar-refractivity contribution in [3.8, 4) is 17.0 Å². The van der Waals surface area contributed by atoms with Crippen LogP contribution in [0.3, 0.4) is 0 Å². The predicted octanol–water partition coefficient (Wildman–Crippen LogP) is 4.07. The molecule has 0 atom stereocenters. The molecule has 1 saturated heterocycles. The van der Waals surface area contributed by atoms with E-state index in [1.807, 2.05) is 12.1 Å². The first-order valence-electron chi connectivity index (χ1n) is 9.71. The molecule has 0 spiro atoms. The van der Waals surface area contributed by atoms with Crippen LogP contribution in [0.4, 0.5) is 5.69 Å². The van der Waals surface area contributed by atoms with Gasteiger partial charge in [-0.3, -0.25) is 0 Å². The highest BCUT2D eigenvalue weighted by molar-refractivity contribution is 5.89. The number of para-hydroxylation sites is 1. The number of fused-ring (bicyclic) bond motifs is 1. The van der Waals surface area contributed by atoms with Crippen LogP contribution in [0.2, 0.25) is 0 Å². The molecule has 4 rings (SSSR count). The molecule has 3 aromatic rings. The number of methoxy groups -OCH3 is 1. The number of hydrogen-bond donors (Lipinski definition) is 0. The highest BCUT2D eigenvalue weighted by Gasteiger charge is 2.13. The maximum atomic E-state index is 5.90. The quantitative estimate of drug-likeness (QED) is 0.605. The summed E-state index contributed by atoms with van der Waals surface area (Å²) in [5.74, 6) is 0.796. The van der Waals surface area contributed by atoms with E-state index in [2.05, 4.69) is 48.2 Å². The average Bonchev–Trinajstić information content (AvgIpc) is 2.75. The zero-order valence-electron chi connectivity index (χ0n) is 16.5. The first-order chi connectivity index (χ1) is 13.8. The van der Waals surface area contributed by atoms with Crippen LogP contribution in [-0.2, 0) is 9.47 Å². The lowest BCUT2D eigenvalue weighted by Crippen LogP contribution is -2.36. The number of ether oxygens (including phenoxy) is 3. The van der Waals surface area contributed by atoms with Gasteiger partial charge in [0.2, 0.25) is 0 Å². The summed E-state index contributed by atoms with van der Waals surface area (Å²) in [6.45, 7) is 6.64. The molecule has 1 aromatic heterocycles. The molecule has 0 radical (unpaired) electrons. The SMILES string of the molecule is COCCOc1cccc2c(C)cc(-c3ccc(N4CCOCC4)cc3)nc12. The summed E-state index contributed by atoms with van der Waals surface area (Å²) >= 11 is 0. The van der Waals surface area contributed by atoms with Crippen LogP contribution in [0.25, 0.3) is 22.2 Å². The van der Waals surface area contributed by atoms with Gasteiger partial charge in [-0.05, 0) is 36.8 Å². The first-order valence-corrected chi connectivity index (χ1v) is 9.71. The van der Waals surface area contributed by atoms with Crippen molar-refractivity contribution in [1.82, 2.24) is 4.98 Å². The summed E-state index contributed by atoms with van der Waals surface area (Å²) in [4.78, 5) is 7.28. The van der Waals surface area contributed by atoms with E-state index in [0.717, 1.165) is 54.2 Å². The number of rotatable bonds is 6. The van der Waals surface area contributed by atoms with Crippen molar-refractivity contribution in [1.29, 1.82) is 0 Å². The molecule has 0 saturated carbocycles. The zero-order chi connectivity index (χ0) is 19.3. The molecule has 2 heterocycles. The Morgan fingerprint density at radius 3 is 2.57 bits per heavy atom. The highest BCUT2D eigenvalue weighted by atomic mass is 16.5. The Morgan fingerprint density at radius 1 is 1.04 bits per heavy atom. The van der Waals surface area contributed by atoms with Gasteiger partial charge in [0.1, 0.15) is 17.9 Å². The van der Waals surface area contributed by atoms with E-state index in [1.165, 1.54) is 11.3 Å². The maximum Gasteiger partial charge on any atom is 0.145 e. The monoisotopic (exact) mass is 378 g/mol. The molecule has 0 amide bonds. The van der Waals surface area contributed by atoms with Gasteiger partial charge in [0.25, 0.3) is 0 Å². The number of aryl methyl sites for hydroxylation is 1. The van der Waals surface area contributed by atoms with Crippen LogP contribution in [0, 0.1) is 6.92 Å². The molecule has 0 aliphatic carbocycles. The third-order valence-corrected chi connectivity index (χ3v) is 5.09. The second-order valence-corrected chi connectivity index (χ2v) is 6.96. The molecule has 1 aliphatic rings. The van der Waals surface area contributed by atoms with Gasteiger partial charge in [-0.2, -0.15) is 0 Å². The van der Waals surface area contributed by atoms with Gasteiger partial charge in [0, 0.05) is 36.8 Å². The number of anilines is 1. The van der Waals surface area contributed by atoms with E-state index in [4.69, 9.17) is 19.2 Å². The normalized spacial score (nSPS) is 14.4. The average molecular weight is 378 g/mol. The Bertz CT molecular complexity index is 934. The number of morpholine rings is 1. The zero-order valence-corrected chi connectivity index (χ0v) is 16.5. The predicted molar refractivity (Wildman–Crippen MR) is 112 cm³/mol. The minimum absolute atomic E-state index is 0.509. The molecule has 28 heavy (non-hydrogen) atoms. The van der Waals surface area contributed by atoms with Crippen molar-refractivity contribution < 1.29 is 14.2 Å². The molecule has 0 N–H and O–H groups in total. The molecule has 1 aliphatic heterocycles. The van der Waals surface area contributed by atoms with E-state index in [1.54, 1.807) is 7.11 Å². The molecule has 5 nitrogen and oxygen atoms in total. The topological polar surface area (TPSA) is 43.8 Å². The Hall–Kier alpha value is -2.63. The summed E-state index contributed by atoms with van der Waals surface area (Å²) < 4.78 is 16.4. The van der Waals surface area contributed by atoms with E-state index in [0.29, 0.717) is 13.2 Å². The van der Waals surface area contributed by atoms with Crippen molar-refractivity contribution in [2.24, 2.45) is 0 Å². The maximum absolute atomic E-state index is 5.90. The van der Waals surface area contributed by atoms with Gasteiger partial charge in [-0.15, -0.1) is 0 Å². The van der Waals surface area contributed by atoms with Crippen molar-refractivity contribution in [3.63, 3.8) is 0 Å².